The van der Waals surface area contributed by atoms with Crippen molar-refractivity contribution in [2.24, 2.45) is 0 Å². The first-order valence-electron chi connectivity index (χ1n) is 9.57. The van der Waals surface area contributed by atoms with Gasteiger partial charge in [-0.3, -0.25) is 9.12 Å². The molecule has 0 amide bonds. The van der Waals surface area contributed by atoms with E-state index in [1.807, 2.05) is 24.3 Å². The van der Waals surface area contributed by atoms with Crippen LogP contribution in [0.4, 0.5) is 5.69 Å². The van der Waals surface area contributed by atoms with Gasteiger partial charge in [0.1, 0.15) is 17.8 Å². The third-order valence-electron chi connectivity index (χ3n) is 4.79. The van der Waals surface area contributed by atoms with E-state index >= 15 is 0 Å². The number of rotatable bonds is 6. The molecule has 0 saturated carbocycles. The van der Waals surface area contributed by atoms with Gasteiger partial charge in [0, 0.05) is 5.69 Å². The van der Waals surface area contributed by atoms with Gasteiger partial charge in [-0.15, -0.1) is 10.2 Å². The smallest absolute Gasteiger partial charge is 0.266 e. The summed E-state index contributed by atoms with van der Waals surface area (Å²) < 4.78 is 40.6. The molecule has 0 atom stereocenters. The minimum Gasteiger partial charge on any atom is -0.497 e. The van der Waals surface area contributed by atoms with Gasteiger partial charge < -0.3 is 9.47 Å². The molecule has 0 aliphatic heterocycles. The Balaban J connectivity index is 1.38. The summed E-state index contributed by atoms with van der Waals surface area (Å²) in [5.74, 6) is 1.35. The van der Waals surface area contributed by atoms with Gasteiger partial charge in [-0.25, -0.2) is 13.4 Å². The summed E-state index contributed by atoms with van der Waals surface area (Å²) in [6.07, 6.45) is 1.60. The molecule has 1 N–H and O–H groups in total. The van der Waals surface area contributed by atoms with Gasteiger partial charge in [-0.2, -0.15) is 0 Å². The van der Waals surface area contributed by atoms with Crippen LogP contribution in [0.5, 0.6) is 17.4 Å². The molecule has 5 rings (SSSR count). The van der Waals surface area contributed by atoms with E-state index in [2.05, 4.69) is 19.9 Å². The summed E-state index contributed by atoms with van der Waals surface area (Å²) >= 11 is 0. The molecule has 0 aliphatic rings. The molecule has 3 aromatic carbocycles. The second-order valence-corrected chi connectivity index (χ2v) is 8.52. The van der Waals surface area contributed by atoms with Gasteiger partial charge in [-0.1, -0.05) is 12.1 Å². The fourth-order valence-corrected chi connectivity index (χ4v) is 4.28. The number of ether oxygens (including phenoxy) is 2. The van der Waals surface area contributed by atoms with E-state index in [9.17, 15) is 8.42 Å². The van der Waals surface area contributed by atoms with E-state index in [-0.39, 0.29) is 4.90 Å². The molecule has 0 fully saturated rings. The lowest BCUT2D eigenvalue weighted by molar-refractivity contribution is 0.414. The molecule has 2 heterocycles. The highest BCUT2D eigenvalue weighted by Gasteiger charge is 2.15. The molecule has 160 valence electrons. The second-order valence-electron chi connectivity index (χ2n) is 6.84. The van der Waals surface area contributed by atoms with Gasteiger partial charge in [-0.05, 0) is 60.7 Å². The molecule has 0 unspecified atom stereocenters. The highest BCUT2D eigenvalue weighted by Crippen LogP contribution is 2.28. The zero-order valence-corrected chi connectivity index (χ0v) is 17.7. The number of anilines is 1. The van der Waals surface area contributed by atoms with Crippen LogP contribution < -0.4 is 14.2 Å². The fraction of sp³-hybridized carbons (Fsp3) is 0.0455. The first-order valence-corrected chi connectivity index (χ1v) is 11.0. The Bertz CT molecular complexity index is 1510. The zero-order valence-electron chi connectivity index (χ0n) is 16.8. The summed E-state index contributed by atoms with van der Waals surface area (Å²) in [6, 6.07) is 20.3. The Labute approximate surface area is 183 Å². The SMILES string of the molecule is COc1ccc(S(=O)(=O)Nc2ccc(Oc3nc4ccccc4n4cnnc34)cc2)cc1. The third kappa shape index (κ3) is 3.67. The number of benzene rings is 3. The van der Waals surface area contributed by atoms with Gasteiger partial charge in [0.15, 0.2) is 0 Å². The Morgan fingerprint density at radius 2 is 1.62 bits per heavy atom. The van der Waals surface area contributed by atoms with Crippen LogP contribution in [0.3, 0.4) is 0 Å². The van der Waals surface area contributed by atoms with Crippen molar-refractivity contribution in [3.63, 3.8) is 0 Å². The number of nitrogens with zero attached hydrogens (tertiary/aromatic N) is 4. The summed E-state index contributed by atoms with van der Waals surface area (Å²) in [6.45, 7) is 0. The predicted octanol–water partition coefficient (Wildman–Crippen LogP) is 3.88. The van der Waals surface area contributed by atoms with Crippen LogP contribution >= 0.6 is 0 Å². The first kappa shape index (κ1) is 19.8. The minimum absolute atomic E-state index is 0.133. The van der Waals surface area contributed by atoms with E-state index in [4.69, 9.17) is 9.47 Å². The van der Waals surface area contributed by atoms with Crippen molar-refractivity contribution in [3.05, 3.63) is 79.1 Å². The minimum atomic E-state index is -3.74. The summed E-state index contributed by atoms with van der Waals surface area (Å²) in [5, 5.41) is 8.06. The number of nitrogens with one attached hydrogen (secondary N) is 1. The third-order valence-corrected chi connectivity index (χ3v) is 6.19. The van der Waals surface area contributed by atoms with Crippen molar-refractivity contribution in [1.82, 2.24) is 19.6 Å². The lowest BCUT2D eigenvalue weighted by Crippen LogP contribution is -2.12. The van der Waals surface area contributed by atoms with Crippen LogP contribution in [0.2, 0.25) is 0 Å². The van der Waals surface area contributed by atoms with Gasteiger partial charge in [0.2, 0.25) is 5.65 Å². The number of methoxy groups -OCH3 is 1. The van der Waals surface area contributed by atoms with Crippen molar-refractivity contribution in [3.8, 4) is 17.4 Å². The highest BCUT2D eigenvalue weighted by molar-refractivity contribution is 7.92. The van der Waals surface area contributed by atoms with Crippen LogP contribution in [0, 0.1) is 0 Å². The molecule has 10 heteroatoms. The fourth-order valence-electron chi connectivity index (χ4n) is 3.22. The molecule has 5 aromatic rings. The number of hydrogen-bond acceptors (Lipinski definition) is 7. The van der Waals surface area contributed by atoms with Gasteiger partial charge >= 0.3 is 0 Å². The van der Waals surface area contributed by atoms with Gasteiger partial charge in [0.05, 0.1) is 23.0 Å². The summed E-state index contributed by atoms with van der Waals surface area (Å²) in [5.41, 5.74) is 2.47. The van der Waals surface area contributed by atoms with E-state index in [1.54, 1.807) is 47.1 Å². The average molecular weight is 447 g/mol. The van der Waals surface area contributed by atoms with Crippen LogP contribution in [0.15, 0.2) is 84.0 Å². The normalized spacial score (nSPS) is 11.5. The van der Waals surface area contributed by atoms with E-state index < -0.39 is 10.0 Å². The summed E-state index contributed by atoms with van der Waals surface area (Å²) in [4.78, 5) is 4.67. The van der Waals surface area contributed by atoms with Crippen LogP contribution in [0.1, 0.15) is 0 Å². The standard InChI is InChI=1S/C22H17N5O4S/c1-30-16-10-12-18(13-11-16)32(28,29)26-15-6-8-17(9-7-15)31-22-21-25-23-14-27(21)20-5-3-2-4-19(20)24-22/h2-14,26H,1H3. The quantitative estimate of drug-likeness (QED) is 0.421. The maximum absolute atomic E-state index is 12.6. The molecule has 9 nitrogen and oxygen atoms in total. The Morgan fingerprint density at radius 3 is 2.38 bits per heavy atom. The topological polar surface area (TPSA) is 108 Å². The number of sulfonamides is 1. The maximum Gasteiger partial charge on any atom is 0.266 e. The van der Waals surface area contributed by atoms with Crippen molar-refractivity contribution in [2.75, 3.05) is 11.8 Å². The lowest BCUT2D eigenvalue weighted by atomic mass is 10.3. The molecular weight excluding hydrogens is 430 g/mol. The average Bonchev–Trinajstić information content (AvgIpc) is 3.31. The number of aromatic nitrogens is 4. The highest BCUT2D eigenvalue weighted by atomic mass is 32.2. The molecule has 2 aromatic heterocycles. The van der Waals surface area contributed by atoms with E-state index in [1.165, 1.54) is 19.2 Å². The largest absolute Gasteiger partial charge is 0.497 e. The van der Waals surface area contributed by atoms with Crippen LogP contribution in [0.25, 0.3) is 16.7 Å². The Hall–Kier alpha value is -4.18. The molecule has 0 bridgehead atoms. The second kappa shape index (κ2) is 7.82. The molecule has 32 heavy (non-hydrogen) atoms. The van der Waals surface area contributed by atoms with Crippen LogP contribution in [-0.2, 0) is 10.0 Å². The molecule has 0 saturated heterocycles. The number of hydrogen-bond donors (Lipinski definition) is 1. The van der Waals surface area contributed by atoms with Crippen molar-refractivity contribution >= 4 is 32.4 Å². The summed E-state index contributed by atoms with van der Waals surface area (Å²) in [7, 11) is -2.22. The Morgan fingerprint density at radius 1 is 0.906 bits per heavy atom. The van der Waals surface area contributed by atoms with Gasteiger partial charge in [0.25, 0.3) is 15.9 Å². The maximum atomic E-state index is 12.6. The molecule has 0 spiro atoms. The molecule has 0 radical (unpaired) electrons. The predicted molar refractivity (Wildman–Crippen MR) is 119 cm³/mol. The van der Waals surface area contributed by atoms with E-state index in [0.29, 0.717) is 28.7 Å². The van der Waals surface area contributed by atoms with Crippen molar-refractivity contribution in [2.45, 2.75) is 4.90 Å². The zero-order chi connectivity index (χ0) is 22.1. The van der Waals surface area contributed by atoms with Crippen molar-refractivity contribution < 1.29 is 17.9 Å². The van der Waals surface area contributed by atoms with Crippen molar-refractivity contribution in [1.29, 1.82) is 0 Å². The van der Waals surface area contributed by atoms with Crippen LogP contribution in [-0.4, -0.2) is 35.1 Å². The molecule has 0 aliphatic carbocycles. The van der Waals surface area contributed by atoms with E-state index in [0.717, 1.165) is 11.0 Å². The first-order chi connectivity index (χ1) is 15.5. The number of para-hydroxylation sites is 2. The number of fused-ring (bicyclic) bond motifs is 3. The molecular formula is C22H17N5O4S. The monoisotopic (exact) mass is 447 g/mol. The lowest BCUT2D eigenvalue weighted by Gasteiger charge is -2.11. The Kier molecular flexibility index (Phi) is 4.83.